The predicted molar refractivity (Wildman–Crippen MR) is 80.9 cm³/mol. The van der Waals surface area contributed by atoms with Crippen LogP contribution in [0.1, 0.15) is 15.9 Å². The van der Waals surface area contributed by atoms with Gasteiger partial charge in [-0.3, -0.25) is 4.79 Å². The second kappa shape index (κ2) is 6.29. The molecule has 0 spiro atoms. The predicted octanol–water partition coefficient (Wildman–Crippen LogP) is 4.04. The van der Waals surface area contributed by atoms with Crippen LogP contribution in [0, 0.1) is 5.82 Å². The summed E-state index contributed by atoms with van der Waals surface area (Å²) in [6.07, 6.45) is 0. The number of rotatable bonds is 3. The van der Waals surface area contributed by atoms with Gasteiger partial charge < -0.3 is 4.90 Å². The van der Waals surface area contributed by atoms with Gasteiger partial charge in [-0.1, -0.05) is 23.7 Å². The highest BCUT2D eigenvalue weighted by molar-refractivity contribution is 7.80. The van der Waals surface area contributed by atoms with Gasteiger partial charge in [-0.15, -0.1) is 12.6 Å². The SMILES string of the molecule is CN(Cc1cccc(Cl)c1)C(=O)c1ccc(F)c(S)c1. The topological polar surface area (TPSA) is 20.3 Å². The lowest BCUT2D eigenvalue weighted by molar-refractivity contribution is 0.0785. The first kappa shape index (κ1) is 14.9. The minimum absolute atomic E-state index is 0.159. The van der Waals surface area contributed by atoms with Crippen molar-refractivity contribution >= 4 is 30.1 Å². The number of carbonyl (C=O) groups is 1. The van der Waals surface area contributed by atoms with Crippen molar-refractivity contribution in [1.29, 1.82) is 0 Å². The van der Waals surface area contributed by atoms with Crippen molar-refractivity contribution in [3.63, 3.8) is 0 Å². The van der Waals surface area contributed by atoms with E-state index in [1.165, 1.54) is 18.2 Å². The average molecular weight is 310 g/mol. The average Bonchev–Trinajstić information content (AvgIpc) is 2.41. The van der Waals surface area contributed by atoms with Crippen LogP contribution in [0.4, 0.5) is 4.39 Å². The van der Waals surface area contributed by atoms with Gasteiger partial charge in [-0.05, 0) is 35.9 Å². The molecule has 0 radical (unpaired) electrons. The Hall–Kier alpha value is -1.52. The van der Waals surface area contributed by atoms with E-state index in [4.69, 9.17) is 11.6 Å². The van der Waals surface area contributed by atoms with Gasteiger partial charge in [0, 0.05) is 29.1 Å². The van der Waals surface area contributed by atoms with Crippen LogP contribution in [0.3, 0.4) is 0 Å². The molecule has 2 aromatic rings. The third kappa shape index (κ3) is 3.52. The minimum atomic E-state index is -0.442. The molecule has 0 aliphatic heterocycles. The van der Waals surface area contributed by atoms with Crippen LogP contribution in [-0.4, -0.2) is 17.9 Å². The van der Waals surface area contributed by atoms with Crippen LogP contribution in [0.25, 0.3) is 0 Å². The molecule has 0 fully saturated rings. The Morgan fingerprint density at radius 3 is 2.70 bits per heavy atom. The summed E-state index contributed by atoms with van der Waals surface area (Å²) in [5.74, 6) is -0.636. The largest absolute Gasteiger partial charge is 0.337 e. The fourth-order valence-corrected chi connectivity index (χ4v) is 2.27. The number of hydrogen-bond acceptors (Lipinski definition) is 2. The van der Waals surface area contributed by atoms with E-state index in [2.05, 4.69) is 12.6 Å². The van der Waals surface area contributed by atoms with Gasteiger partial charge in [0.25, 0.3) is 5.91 Å². The zero-order valence-corrected chi connectivity index (χ0v) is 12.5. The molecule has 20 heavy (non-hydrogen) atoms. The van der Waals surface area contributed by atoms with Gasteiger partial charge in [0.05, 0.1) is 0 Å². The number of carbonyl (C=O) groups excluding carboxylic acids is 1. The molecular weight excluding hydrogens is 297 g/mol. The van der Waals surface area contributed by atoms with Crippen LogP contribution in [0.15, 0.2) is 47.4 Å². The Bertz CT molecular complexity index is 648. The van der Waals surface area contributed by atoms with Crippen molar-refractivity contribution in [3.8, 4) is 0 Å². The molecule has 2 nitrogen and oxygen atoms in total. The Morgan fingerprint density at radius 1 is 1.30 bits per heavy atom. The lowest BCUT2D eigenvalue weighted by Crippen LogP contribution is -2.26. The Labute approximate surface area is 127 Å². The summed E-state index contributed by atoms with van der Waals surface area (Å²) in [6, 6.07) is 11.4. The highest BCUT2D eigenvalue weighted by atomic mass is 35.5. The first-order valence-electron chi connectivity index (χ1n) is 5.96. The Morgan fingerprint density at radius 2 is 2.05 bits per heavy atom. The molecule has 1 amide bonds. The lowest BCUT2D eigenvalue weighted by Gasteiger charge is -2.17. The van der Waals surface area contributed by atoms with E-state index >= 15 is 0 Å². The lowest BCUT2D eigenvalue weighted by atomic mass is 10.1. The summed E-state index contributed by atoms with van der Waals surface area (Å²) in [5.41, 5.74) is 1.34. The molecule has 0 heterocycles. The number of nitrogens with zero attached hydrogens (tertiary/aromatic N) is 1. The molecule has 2 rings (SSSR count). The Kier molecular flexibility index (Phi) is 4.68. The maximum Gasteiger partial charge on any atom is 0.253 e. The smallest absolute Gasteiger partial charge is 0.253 e. The fourth-order valence-electron chi connectivity index (χ4n) is 1.85. The van der Waals surface area contributed by atoms with Crippen molar-refractivity contribution in [2.45, 2.75) is 11.4 Å². The summed E-state index contributed by atoms with van der Waals surface area (Å²) in [6.45, 7) is 0.429. The molecule has 0 aromatic heterocycles. The van der Waals surface area contributed by atoms with Gasteiger partial charge in [0.1, 0.15) is 5.82 Å². The van der Waals surface area contributed by atoms with E-state index in [1.54, 1.807) is 24.1 Å². The van der Waals surface area contributed by atoms with Crippen LogP contribution in [0.5, 0.6) is 0 Å². The molecule has 2 aromatic carbocycles. The first-order valence-corrected chi connectivity index (χ1v) is 6.78. The quantitative estimate of drug-likeness (QED) is 0.848. The summed E-state index contributed by atoms with van der Waals surface area (Å²) in [5, 5.41) is 0.628. The van der Waals surface area contributed by atoms with E-state index in [0.717, 1.165) is 5.56 Å². The van der Waals surface area contributed by atoms with E-state index in [0.29, 0.717) is 17.1 Å². The summed E-state index contributed by atoms with van der Waals surface area (Å²) in [4.78, 5) is 13.9. The van der Waals surface area contributed by atoms with E-state index < -0.39 is 5.82 Å². The molecule has 0 aliphatic carbocycles. The van der Waals surface area contributed by atoms with Crippen molar-refractivity contribution in [3.05, 3.63) is 64.4 Å². The molecule has 0 N–H and O–H groups in total. The van der Waals surface area contributed by atoms with Crippen molar-refractivity contribution in [1.82, 2.24) is 4.90 Å². The summed E-state index contributed by atoms with van der Waals surface area (Å²) < 4.78 is 13.1. The van der Waals surface area contributed by atoms with Crippen molar-refractivity contribution in [2.24, 2.45) is 0 Å². The van der Waals surface area contributed by atoms with Crippen LogP contribution in [0.2, 0.25) is 5.02 Å². The monoisotopic (exact) mass is 309 g/mol. The molecule has 5 heteroatoms. The Balaban J connectivity index is 2.14. The third-order valence-corrected chi connectivity index (χ3v) is 3.43. The summed E-state index contributed by atoms with van der Waals surface area (Å²) in [7, 11) is 1.69. The minimum Gasteiger partial charge on any atom is -0.337 e. The van der Waals surface area contributed by atoms with Crippen molar-refractivity contribution in [2.75, 3.05) is 7.05 Å². The molecule has 0 aliphatic rings. The normalized spacial score (nSPS) is 10.4. The van der Waals surface area contributed by atoms with Gasteiger partial charge in [-0.2, -0.15) is 0 Å². The maximum absolute atomic E-state index is 13.1. The molecule has 104 valence electrons. The van der Waals surface area contributed by atoms with Gasteiger partial charge >= 0.3 is 0 Å². The summed E-state index contributed by atoms with van der Waals surface area (Å²) >= 11 is 9.89. The van der Waals surface area contributed by atoms with Crippen LogP contribution in [-0.2, 0) is 6.54 Å². The number of halogens is 2. The molecule has 0 saturated carbocycles. The first-order chi connectivity index (χ1) is 9.47. The number of benzene rings is 2. The second-order valence-electron chi connectivity index (χ2n) is 4.46. The number of hydrogen-bond donors (Lipinski definition) is 1. The van der Waals surface area contributed by atoms with Crippen LogP contribution >= 0.6 is 24.2 Å². The number of amides is 1. The molecular formula is C15H13ClFNOS. The highest BCUT2D eigenvalue weighted by Crippen LogP contribution is 2.17. The van der Waals surface area contributed by atoms with E-state index in [9.17, 15) is 9.18 Å². The molecule has 0 bridgehead atoms. The zero-order chi connectivity index (χ0) is 14.7. The standard InChI is InChI=1S/C15H13ClFNOS/c1-18(9-10-3-2-4-12(16)7-10)15(19)11-5-6-13(17)14(20)8-11/h2-8,20H,9H2,1H3. The maximum atomic E-state index is 13.1. The van der Waals surface area contributed by atoms with Gasteiger partial charge in [0.2, 0.25) is 0 Å². The van der Waals surface area contributed by atoms with E-state index in [-0.39, 0.29) is 10.8 Å². The van der Waals surface area contributed by atoms with Gasteiger partial charge in [-0.25, -0.2) is 4.39 Å². The highest BCUT2D eigenvalue weighted by Gasteiger charge is 2.13. The third-order valence-electron chi connectivity index (χ3n) is 2.85. The second-order valence-corrected chi connectivity index (χ2v) is 5.38. The van der Waals surface area contributed by atoms with Crippen molar-refractivity contribution < 1.29 is 9.18 Å². The molecule has 0 unspecified atom stereocenters. The zero-order valence-electron chi connectivity index (χ0n) is 10.8. The molecule has 0 atom stereocenters. The fraction of sp³-hybridized carbons (Fsp3) is 0.133. The van der Waals surface area contributed by atoms with Crippen LogP contribution < -0.4 is 0 Å². The van der Waals surface area contributed by atoms with Gasteiger partial charge in [0.15, 0.2) is 0 Å². The molecule has 0 saturated heterocycles. The van der Waals surface area contributed by atoms with E-state index in [1.807, 2.05) is 12.1 Å². The number of thiol groups is 1.